The number of primary amides is 1. The van der Waals surface area contributed by atoms with Gasteiger partial charge in [-0.2, -0.15) is 4.98 Å². The van der Waals surface area contributed by atoms with Crippen molar-refractivity contribution in [2.24, 2.45) is 5.73 Å². The highest BCUT2D eigenvalue weighted by Crippen LogP contribution is 2.26. The van der Waals surface area contributed by atoms with E-state index in [1.54, 1.807) is 12.1 Å². The Hall–Kier alpha value is -3.73. The first-order valence-electron chi connectivity index (χ1n) is 12.1. The van der Waals surface area contributed by atoms with Gasteiger partial charge in [-0.3, -0.25) is 4.79 Å². The lowest BCUT2D eigenvalue weighted by molar-refractivity contribution is 0.0995. The average Bonchev–Trinajstić information content (AvgIpc) is 2.83. The van der Waals surface area contributed by atoms with Crippen LogP contribution < -0.4 is 21.3 Å². The quantitative estimate of drug-likeness (QED) is 0.424. The third-order valence-electron chi connectivity index (χ3n) is 6.28. The molecular weight excluding hydrogens is 490 g/mol. The second kappa shape index (κ2) is 10.3. The Kier molecular flexibility index (Phi) is 7.35. The second-order valence-electron chi connectivity index (χ2n) is 10.4. The molecule has 1 atom stereocenters. The molecule has 4 N–H and O–H groups in total. The lowest BCUT2D eigenvalue weighted by atomic mass is 9.87. The highest BCUT2D eigenvalue weighted by Gasteiger charge is 2.24. The first-order chi connectivity index (χ1) is 17.4. The fraction of sp³-hybridized carbons (Fsp3) is 0.385. The summed E-state index contributed by atoms with van der Waals surface area (Å²) >= 11 is 0. The molecule has 1 aliphatic rings. The molecule has 0 aliphatic carbocycles. The number of nitrogens with zero attached hydrogens (tertiary/aromatic N) is 4. The number of piperidine rings is 1. The van der Waals surface area contributed by atoms with Crippen molar-refractivity contribution >= 4 is 38.9 Å². The third-order valence-corrected chi connectivity index (χ3v) is 7.41. The fourth-order valence-corrected chi connectivity index (χ4v) is 4.84. The van der Waals surface area contributed by atoms with Gasteiger partial charge >= 0.3 is 0 Å². The zero-order valence-electron chi connectivity index (χ0n) is 21.5. The minimum atomic E-state index is -3.32. The Labute approximate surface area is 217 Å². The van der Waals surface area contributed by atoms with Crippen molar-refractivity contribution in [3.8, 4) is 0 Å². The van der Waals surface area contributed by atoms with Crippen molar-refractivity contribution in [1.29, 1.82) is 0 Å². The summed E-state index contributed by atoms with van der Waals surface area (Å²) in [6.45, 7) is 8.00. The summed E-state index contributed by atoms with van der Waals surface area (Å²) in [5.41, 5.74) is 8.38. The summed E-state index contributed by atoms with van der Waals surface area (Å²) in [4.78, 5) is 18.7. The van der Waals surface area contributed by atoms with Crippen LogP contribution in [-0.4, -0.2) is 54.9 Å². The van der Waals surface area contributed by atoms with Gasteiger partial charge in [0.05, 0.1) is 4.90 Å². The van der Waals surface area contributed by atoms with E-state index in [0.717, 1.165) is 31.3 Å². The lowest BCUT2D eigenvalue weighted by Crippen LogP contribution is -2.43. The SMILES string of the molecule is CC(C)(C)c1ccc(N[C@@H]2CCCN(c3nnc(C(N)=O)c(Nc4ccc(S(C)(=O)=O)cc4)n3)C2)cc1. The number of carbonyl (C=O) groups excluding carboxylic acids is 1. The predicted octanol–water partition coefficient (Wildman–Crippen LogP) is 3.50. The Morgan fingerprint density at radius 1 is 1.03 bits per heavy atom. The van der Waals surface area contributed by atoms with Crippen molar-refractivity contribution in [3.05, 3.63) is 59.8 Å². The molecule has 2 heterocycles. The van der Waals surface area contributed by atoms with Gasteiger partial charge in [0.2, 0.25) is 5.95 Å². The van der Waals surface area contributed by atoms with E-state index in [-0.39, 0.29) is 27.9 Å². The maximum absolute atomic E-state index is 12.0. The van der Waals surface area contributed by atoms with Crippen LogP contribution in [0.15, 0.2) is 53.4 Å². The summed E-state index contributed by atoms with van der Waals surface area (Å²) in [5, 5.41) is 14.8. The van der Waals surface area contributed by atoms with Gasteiger partial charge in [0.15, 0.2) is 21.3 Å². The number of sulfone groups is 1. The van der Waals surface area contributed by atoms with E-state index in [9.17, 15) is 13.2 Å². The maximum Gasteiger partial charge on any atom is 0.273 e. The number of carbonyl (C=O) groups is 1. The van der Waals surface area contributed by atoms with E-state index in [0.29, 0.717) is 18.2 Å². The molecule has 1 fully saturated rings. The van der Waals surface area contributed by atoms with E-state index < -0.39 is 15.7 Å². The number of amides is 1. The van der Waals surface area contributed by atoms with Crippen LogP contribution in [0.1, 0.15) is 49.7 Å². The van der Waals surface area contributed by atoms with E-state index in [4.69, 9.17) is 5.73 Å². The highest BCUT2D eigenvalue weighted by molar-refractivity contribution is 7.90. The lowest BCUT2D eigenvalue weighted by Gasteiger charge is -2.33. The maximum atomic E-state index is 12.0. The predicted molar refractivity (Wildman–Crippen MR) is 145 cm³/mol. The van der Waals surface area contributed by atoms with Crippen LogP contribution in [0.3, 0.4) is 0 Å². The molecule has 1 saturated heterocycles. The Balaban J connectivity index is 1.51. The number of anilines is 4. The number of hydrogen-bond acceptors (Lipinski definition) is 9. The Bertz CT molecular complexity index is 1370. The van der Waals surface area contributed by atoms with Crippen molar-refractivity contribution in [2.75, 3.05) is 34.9 Å². The molecule has 37 heavy (non-hydrogen) atoms. The first kappa shape index (κ1) is 26.3. The number of rotatable bonds is 7. The molecule has 0 saturated carbocycles. The number of benzene rings is 2. The summed E-state index contributed by atoms with van der Waals surface area (Å²) in [5.74, 6) is -0.217. The zero-order valence-corrected chi connectivity index (χ0v) is 22.3. The average molecular weight is 524 g/mol. The number of nitrogens with two attached hydrogens (primary N) is 1. The van der Waals surface area contributed by atoms with E-state index in [1.165, 1.54) is 17.7 Å². The molecule has 3 aromatic rings. The molecule has 1 aromatic heterocycles. The van der Waals surface area contributed by atoms with Crippen molar-refractivity contribution < 1.29 is 13.2 Å². The smallest absolute Gasteiger partial charge is 0.273 e. The molecule has 10 nitrogen and oxygen atoms in total. The molecule has 1 aliphatic heterocycles. The summed E-state index contributed by atoms with van der Waals surface area (Å²) in [6, 6.07) is 14.8. The Morgan fingerprint density at radius 2 is 1.68 bits per heavy atom. The van der Waals surface area contributed by atoms with E-state index >= 15 is 0 Å². The normalized spacial score (nSPS) is 16.3. The van der Waals surface area contributed by atoms with E-state index in [2.05, 4.69) is 70.9 Å². The highest BCUT2D eigenvalue weighted by atomic mass is 32.2. The number of hydrogen-bond donors (Lipinski definition) is 3. The molecule has 196 valence electrons. The zero-order chi connectivity index (χ0) is 26.8. The van der Waals surface area contributed by atoms with Gasteiger partial charge in [0, 0.05) is 36.8 Å². The van der Waals surface area contributed by atoms with Crippen LogP contribution in [0.2, 0.25) is 0 Å². The van der Waals surface area contributed by atoms with Crippen LogP contribution in [0, 0.1) is 0 Å². The van der Waals surface area contributed by atoms with Crippen LogP contribution in [0.5, 0.6) is 0 Å². The molecule has 0 unspecified atom stereocenters. The molecule has 4 rings (SSSR count). The minimum Gasteiger partial charge on any atom is -0.381 e. The van der Waals surface area contributed by atoms with Gasteiger partial charge < -0.3 is 21.3 Å². The van der Waals surface area contributed by atoms with Crippen molar-refractivity contribution in [3.63, 3.8) is 0 Å². The summed E-state index contributed by atoms with van der Waals surface area (Å²) in [7, 11) is -3.32. The molecule has 0 spiro atoms. The first-order valence-corrected chi connectivity index (χ1v) is 14.0. The number of aromatic nitrogens is 3. The third kappa shape index (κ3) is 6.53. The molecule has 1 amide bonds. The van der Waals surface area contributed by atoms with Crippen molar-refractivity contribution in [1.82, 2.24) is 15.2 Å². The van der Waals surface area contributed by atoms with Gasteiger partial charge in [0.25, 0.3) is 5.91 Å². The number of nitrogens with one attached hydrogen (secondary N) is 2. The monoisotopic (exact) mass is 523 g/mol. The van der Waals surface area contributed by atoms with Crippen molar-refractivity contribution in [2.45, 2.75) is 50.0 Å². The molecular formula is C26H33N7O3S. The van der Waals surface area contributed by atoms with Gasteiger partial charge in [-0.15, -0.1) is 10.2 Å². The largest absolute Gasteiger partial charge is 0.381 e. The Morgan fingerprint density at radius 3 is 2.27 bits per heavy atom. The van der Waals surface area contributed by atoms with Crippen LogP contribution in [-0.2, 0) is 15.3 Å². The van der Waals surface area contributed by atoms with E-state index in [1.807, 2.05) is 4.90 Å². The van der Waals surface area contributed by atoms with Gasteiger partial charge in [-0.1, -0.05) is 32.9 Å². The fourth-order valence-electron chi connectivity index (χ4n) is 4.21. The van der Waals surface area contributed by atoms with Gasteiger partial charge in [-0.25, -0.2) is 8.42 Å². The minimum absolute atomic E-state index is 0.0958. The summed E-state index contributed by atoms with van der Waals surface area (Å²) < 4.78 is 23.5. The molecule has 11 heteroatoms. The van der Waals surface area contributed by atoms with Crippen LogP contribution >= 0.6 is 0 Å². The second-order valence-corrected chi connectivity index (χ2v) is 12.4. The van der Waals surface area contributed by atoms with Crippen LogP contribution in [0.4, 0.5) is 23.1 Å². The molecule has 0 bridgehead atoms. The summed E-state index contributed by atoms with van der Waals surface area (Å²) in [6.07, 6.45) is 3.08. The van der Waals surface area contributed by atoms with Gasteiger partial charge in [-0.05, 0) is 60.2 Å². The topological polar surface area (TPSA) is 143 Å². The standard InChI is InChI=1S/C26H33N7O3S/c1-26(2,3)17-7-9-18(10-8-17)28-20-6-5-15-33(16-20)25-30-24(22(23(27)34)31-32-25)29-19-11-13-21(14-12-19)37(4,35)36/h7-14,20,28H,5-6,15-16H2,1-4H3,(H2,27,34)(H,29,30,32)/t20-/m1/s1. The molecule has 2 aromatic carbocycles. The van der Waals surface area contributed by atoms with Gasteiger partial charge in [0.1, 0.15) is 0 Å². The van der Waals surface area contributed by atoms with Crippen LogP contribution in [0.25, 0.3) is 0 Å². The molecule has 0 radical (unpaired) electrons.